The van der Waals surface area contributed by atoms with Crippen LogP contribution < -0.4 is 4.74 Å². The SMILES string of the molecule is O=C(CCCn1nnc(-c2ccccc2)n1)N1CCN(Cc2ccc3c(c2)CCO3)CC1. The van der Waals surface area contributed by atoms with Crippen molar-refractivity contribution in [1.29, 1.82) is 0 Å². The standard InChI is InChI=1S/C24H28N6O2/c31-23(7-4-11-30-26-24(25-27-30)20-5-2-1-3-6-20)29-14-12-28(13-15-29)18-19-8-9-22-21(17-19)10-16-32-22/h1-3,5-6,8-9,17H,4,7,10-16,18H2. The Bertz CT molecular complexity index is 1060. The summed E-state index contributed by atoms with van der Waals surface area (Å²) >= 11 is 0. The summed E-state index contributed by atoms with van der Waals surface area (Å²) in [4.78, 5) is 18.6. The molecule has 0 radical (unpaired) electrons. The second-order valence-corrected chi connectivity index (χ2v) is 8.38. The fourth-order valence-corrected chi connectivity index (χ4v) is 4.32. The summed E-state index contributed by atoms with van der Waals surface area (Å²) in [6.07, 6.45) is 2.22. The lowest BCUT2D eigenvalue weighted by molar-refractivity contribution is -0.133. The molecule has 1 amide bonds. The number of nitrogens with zero attached hydrogens (tertiary/aromatic N) is 6. The monoisotopic (exact) mass is 432 g/mol. The van der Waals surface area contributed by atoms with E-state index in [-0.39, 0.29) is 5.91 Å². The molecule has 2 aliphatic rings. The van der Waals surface area contributed by atoms with E-state index >= 15 is 0 Å². The number of carbonyl (C=O) groups is 1. The lowest BCUT2D eigenvalue weighted by Gasteiger charge is -2.35. The number of piperazine rings is 1. The Labute approximate surface area is 187 Å². The molecule has 3 aromatic rings. The zero-order chi connectivity index (χ0) is 21.8. The Kier molecular flexibility index (Phi) is 6.11. The summed E-state index contributed by atoms with van der Waals surface area (Å²) < 4.78 is 5.60. The number of rotatable bonds is 7. The first-order valence-electron chi connectivity index (χ1n) is 11.3. The number of amides is 1. The Morgan fingerprint density at radius 1 is 1.03 bits per heavy atom. The predicted molar refractivity (Wildman–Crippen MR) is 120 cm³/mol. The molecule has 0 N–H and O–H groups in total. The van der Waals surface area contributed by atoms with Crippen LogP contribution in [-0.2, 0) is 24.3 Å². The van der Waals surface area contributed by atoms with Gasteiger partial charge in [-0.25, -0.2) is 0 Å². The molecule has 0 bridgehead atoms. The number of hydrogen-bond acceptors (Lipinski definition) is 6. The fourth-order valence-electron chi connectivity index (χ4n) is 4.32. The molecule has 0 atom stereocenters. The van der Waals surface area contributed by atoms with Gasteiger partial charge in [0.2, 0.25) is 11.7 Å². The van der Waals surface area contributed by atoms with E-state index in [0.717, 1.165) is 57.1 Å². The van der Waals surface area contributed by atoms with E-state index in [9.17, 15) is 4.79 Å². The van der Waals surface area contributed by atoms with Crippen molar-refractivity contribution in [2.45, 2.75) is 32.4 Å². The molecule has 1 aromatic heterocycles. The number of carbonyl (C=O) groups excluding carboxylic acids is 1. The van der Waals surface area contributed by atoms with Gasteiger partial charge in [-0.15, -0.1) is 10.2 Å². The molecule has 8 nitrogen and oxygen atoms in total. The highest BCUT2D eigenvalue weighted by atomic mass is 16.5. The summed E-state index contributed by atoms with van der Waals surface area (Å²) in [6.45, 7) is 5.69. The summed E-state index contributed by atoms with van der Waals surface area (Å²) in [6, 6.07) is 16.3. The first kappa shape index (κ1) is 20.6. The highest BCUT2D eigenvalue weighted by Gasteiger charge is 2.21. The number of aromatic nitrogens is 4. The zero-order valence-electron chi connectivity index (χ0n) is 18.2. The molecule has 2 aromatic carbocycles. The molecule has 1 saturated heterocycles. The van der Waals surface area contributed by atoms with E-state index in [1.807, 2.05) is 35.2 Å². The molecule has 166 valence electrons. The molecule has 3 heterocycles. The lowest BCUT2D eigenvalue weighted by atomic mass is 10.1. The van der Waals surface area contributed by atoms with E-state index < -0.39 is 0 Å². The van der Waals surface area contributed by atoms with Gasteiger partial charge in [0.1, 0.15) is 5.75 Å². The van der Waals surface area contributed by atoms with Crippen LogP contribution in [0.15, 0.2) is 48.5 Å². The summed E-state index contributed by atoms with van der Waals surface area (Å²) in [5, 5.41) is 12.6. The normalized spacial score (nSPS) is 16.1. The fraction of sp³-hybridized carbons (Fsp3) is 0.417. The molecule has 0 aliphatic carbocycles. The van der Waals surface area contributed by atoms with Crippen molar-refractivity contribution in [3.8, 4) is 17.1 Å². The third-order valence-electron chi connectivity index (χ3n) is 6.12. The molecule has 2 aliphatic heterocycles. The van der Waals surface area contributed by atoms with E-state index in [2.05, 4.69) is 38.5 Å². The van der Waals surface area contributed by atoms with Crippen LogP contribution >= 0.6 is 0 Å². The van der Waals surface area contributed by atoms with Crippen molar-refractivity contribution >= 4 is 5.91 Å². The topological polar surface area (TPSA) is 76.4 Å². The Morgan fingerprint density at radius 3 is 2.72 bits per heavy atom. The van der Waals surface area contributed by atoms with Gasteiger partial charge in [0.15, 0.2) is 0 Å². The Morgan fingerprint density at radius 2 is 1.88 bits per heavy atom. The minimum absolute atomic E-state index is 0.211. The first-order valence-corrected chi connectivity index (χ1v) is 11.3. The van der Waals surface area contributed by atoms with E-state index in [1.165, 1.54) is 11.1 Å². The average Bonchev–Trinajstić information content (AvgIpc) is 3.49. The number of hydrogen-bond donors (Lipinski definition) is 0. The summed E-state index contributed by atoms with van der Waals surface area (Å²) in [5.41, 5.74) is 3.58. The molecule has 8 heteroatoms. The molecular formula is C24H28N6O2. The third-order valence-corrected chi connectivity index (χ3v) is 6.12. The van der Waals surface area contributed by atoms with Gasteiger partial charge in [-0.3, -0.25) is 9.69 Å². The van der Waals surface area contributed by atoms with Gasteiger partial charge >= 0.3 is 0 Å². The third kappa shape index (κ3) is 4.80. The smallest absolute Gasteiger partial charge is 0.222 e. The minimum Gasteiger partial charge on any atom is -0.493 e. The maximum atomic E-state index is 12.6. The number of aryl methyl sites for hydroxylation is 1. The van der Waals surface area contributed by atoms with Gasteiger partial charge in [0, 0.05) is 51.1 Å². The van der Waals surface area contributed by atoms with E-state index in [1.54, 1.807) is 4.80 Å². The van der Waals surface area contributed by atoms with Gasteiger partial charge in [-0.1, -0.05) is 42.5 Å². The molecule has 0 saturated carbocycles. The van der Waals surface area contributed by atoms with Crippen LogP contribution in [0, 0.1) is 0 Å². The predicted octanol–water partition coefficient (Wildman–Crippen LogP) is 2.40. The van der Waals surface area contributed by atoms with Gasteiger partial charge in [-0.2, -0.15) is 4.80 Å². The van der Waals surface area contributed by atoms with Crippen LogP contribution in [0.1, 0.15) is 24.0 Å². The summed E-state index contributed by atoms with van der Waals surface area (Å²) in [7, 11) is 0. The van der Waals surface area contributed by atoms with Crippen LogP contribution in [0.25, 0.3) is 11.4 Å². The van der Waals surface area contributed by atoms with Crippen molar-refractivity contribution in [2.75, 3.05) is 32.8 Å². The van der Waals surface area contributed by atoms with Crippen molar-refractivity contribution in [3.05, 3.63) is 59.7 Å². The van der Waals surface area contributed by atoms with Gasteiger partial charge in [0.25, 0.3) is 0 Å². The largest absolute Gasteiger partial charge is 0.493 e. The number of benzene rings is 2. The molecule has 5 rings (SSSR count). The second kappa shape index (κ2) is 9.48. The number of tetrazole rings is 1. The Hall–Kier alpha value is -3.26. The minimum atomic E-state index is 0.211. The number of ether oxygens (including phenoxy) is 1. The Balaban J connectivity index is 1.04. The van der Waals surface area contributed by atoms with Crippen molar-refractivity contribution in [3.63, 3.8) is 0 Å². The van der Waals surface area contributed by atoms with Crippen molar-refractivity contribution < 1.29 is 9.53 Å². The summed E-state index contributed by atoms with van der Waals surface area (Å²) in [5.74, 6) is 1.85. The maximum absolute atomic E-state index is 12.6. The average molecular weight is 433 g/mol. The highest BCUT2D eigenvalue weighted by Crippen LogP contribution is 2.26. The lowest BCUT2D eigenvalue weighted by Crippen LogP contribution is -2.48. The van der Waals surface area contributed by atoms with Crippen LogP contribution in [0.2, 0.25) is 0 Å². The molecular weight excluding hydrogens is 404 g/mol. The highest BCUT2D eigenvalue weighted by molar-refractivity contribution is 5.76. The first-order chi connectivity index (χ1) is 15.7. The van der Waals surface area contributed by atoms with Crippen LogP contribution in [-0.4, -0.2) is 68.7 Å². The molecule has 32 heavy (non-hydrogen) atoms. The quantitative estimate of drug-likeness (QED) is 0.571. The second-order valence-electron chi connectivity index (χ2n) is 8.38. The molecule has 0 unspecified atom stereocenters. The molecule has 1 fully saturated rings. The van der Waals surface area contributed by atoms with Crippen LogP contribution in [0.5, 0.6) is 5.75 Å². The maximum Gasteiger partial charge on any atom is 0.222 e. The van der Waals surface area contributed by atoms with Gasteiger partial charge < -0.3 is 9.64 Å². The van der Waals surface area contributed by atoms with Crippen LogP contribution in [0.3, 0.4) is 0 Å². The molecule has 0 spiro atoms. The van der Waals surface area contributed by atoms with E-state index in [4.69, 9.17) is 4.74 Å². The van der Waals surface area contributed by atoms with Gasteiger partial charge in [-0.05, 0) is 28.8 Å². The van der Waals surface area contributed by atoms with Crippen molar-refractivity contribution in [2.24, 2.45) is 0 Å². The van der Waals surface area contributed by atoms with Crippen molar-refractivity contribution in [1.82, 2.24) is 30.0 Å². The van der Waals surface area contributed by atoms with Crippen LogP contribution in [0.4, 0.5) is 0 Å². The zero-order valence-corrected chi connectivity index (χ0v) is 18.2. The van der Waals surface area contributed by atoms with Gasteiger partial charge in [0.05, 0.1) is 13.2 Å². The van der Waals surface area contributed by atoms with E-state index in [0.29, 0.717) is 25.2 Å². The number of fused-ring (bicyclic) bond motifs is 1.